The van der Waals surface area contributed by atoms with Crippen LogP contribution < -0.4 is 20.7 Å². The molecule has 0 bridgehead atoms. The van der Waals surface area contributed by atoms with Crippen LogP contribution in [0.2, 0.25) is 0 Å². The molecule has 4 rings (SSSR count). The SMILES string of the molecule is C[C@@H]1CCCCO[C@@H](CN(C)C(=O)Nc2ccccc2)[C@H](C)CN([C@@H](C)CO)C(=O)c2cc(NC(=O)NC3CCCCC3)ccc2O1. The first-order valence-electron chi connectivity index (χ1n) is 17.1. The van der Waals surface area contributed by atoms with Crippen LogP contribution in [0.3, 0.4) is 0 Å². The molecule has 0 aromatic heterocycles. The number of carbonyl (C=O) groups excluding carboxylic acids is 3. The molecule has 1 aliphatic carbocycles. The van der Waals surface area contributed by atoms with Crippen LogP contribution in [0.15, 0.2) is 48.5 Å². The van der Waals surface area contributed by atoms with Crippen molar-refractivity contribution in [3.05, 3.63) is 54.1 Å². The van der Waals surface area contributed by atoms with Crippen LogP contribution in [-0.2, 0) is 4.74 Å². The monoisotopic (exact) mass is 651 g/mol. The minimum absolute atomic E-state index is 0.146. The van der Waals surface area contributed by atoms with Crippen molar-refractivity contribution >= 4 is 29.3 Å². The maximum Gasteiger partial charge on any atom is 0.321 e. The Morgan fingerprint density at radius 1 is 0.979 bits per heavy atom. The molecule has 258 valence electrons. The van der Waals surface area contributed by atoms with Gasteiger partial charge in [0.25, 0.3) is 5.91 Å². The number of carbonyl (C=O) groups is 3. The standard InChI is InChI=1S/C36H53N5O6/c1-25-22-41(26(2)24-42)34(43)31-21-30(38-35(44)37-28-14-7-5-8-15-28)18-19-32(31)47-27(3)13-11-12-20-46-33(25)23-40(4)36(45)39-29-16-9-6-10-17-29/h6,9-10,16-19,21,25-28,33,42H,5,7-8,11-15,20,22-24H2,1-4H3,(H,39,45)(H2,37,38,44)/t25-,26+,27-,33+/m1/s1. The fraction of sp³-hybridized carbons (Fsp3) is 0.583. The molecule has 2 aliphatic rings. The number of fused-ring (bicyclic) bond motifs is 1. The van der Waals surface area contributed by atoms with E-state index in [1.807, 2.05) is 44.2 Å². The van der Waals surface area contributed by atoms with Gasteiger partial charge in [0.15, 0.2) is 0 Å². The summed E-state index contributed by atoms with van der Waals surface area (Å²) in [5.74, 6) is -0.0673. The number of para-hydroxylation sites is 1. The molecule has 1 fully saturated rings. The van der Waals surface area contributed by atoms with Crippen LogP contribution in [-0.4, -0.2) is 90.5 Å². The van der Waals surface area contributed by atoms with Crippen LogP contribution >= 0.6 is 0 Å². The van der Waals surface area contributed by atoms with Gasteiger partial charge in [-0.3, -0.25) is 4.79 Å². The van der Waals surface area contributed by atoms with Crippen LogP contribution in [0, 0.1) is 5.92 Å². The predicted molar refractivity (Wildman–Crippen MR) is 184 cm³/mol. The second-order valence-corrected chi connectivity index (χ2v) is 13.1. The molecule has 1 saturated carbocycles. The molecule has 1 aliphatic heterocycles. The highest BCUT2D eigenvalue weighted by Gasteiger charge is 2.31. The Bertz CT molecular complexity index is 1300. The molecule has 0 spiro atoms. The van der Waals surface area contributed by atoms with Crippen LogP contribution in [0.1, 0.15) is 82.5 Å². The van der Waals surface area contributed by atoms with Gasteiger partial charge in [-0.05, 0) is 76.3 Å². The number of urea groups is 2. The zero-order valence-electron chi connectivity index (χ0n) is 28.4. The largest absolute Gasteiger partial charge is 0.490 e. The van der Waals surface area contributed by atoms with Crippen LogP contribution in [0.25, 0.3) is 0 Å². The van der Waals surface area contributed by atoms with Gasteiger partial charge >= 0.3 is 12.1 Å². The number of aliphatic hydroxyl groups is 1. The summed E-state index contributed by atoms with van der Waals surface area (Å²) in [5, 5.41) is 19.1. The quantitative estimate of drug-likeness (QED) is 0.286. The van der Waals surface area contributed by atoms with Crippen molar-refractivity contribution in [2.45, 2.75) is 96.4 Å². The van der Waals surface area contributed by atoms with E-state index < -0.39 is 6.04 Å². The van der Waals surface area contributed by atoms with Gasteiger partial charge in [-0.2, -0.15) is 0 Å². The van der Waals surface area contributed by atoms with E-state index in [1.54, 1.807) is 42.0 Å². The minimum Gasteiger partial charge on any atom is -0.490 e. The van der Waals surface area contributed by atoms with E-state index in [4.69, 9.17) is 9.47 Å². The lowest BCUT2D eigenvalue weighted by Crippen LogP contribution is -2.48. The zero-order valence-corrected chi connectivity index (χ0v) is 28.4. The average molecular weight is 652 g/mol. The molecule has 4 N–H and O–H groups in total. The topological polar surface area (TPSA) is 132 Å². The predicted octanol–water partition coefficient (Wildman–Crippen LogP) is 6.10. The van der Waals surface area contributed by atoms with Gasteiger partial charge in [0.05, 0.1) is 30.4 Å². The van der Waals surface area contributed by atoms with Crippen molar-refractivity contribution < 1.29 is 29.0 Å². The molecule has 2 aromatic carbocycles. The first-order valence-corrected chi connectivity index (χ1v) is 17.1. The second-order valence-electron chi connectivity index (χ2n) is 13.1. The highest BCUT2D eigenvalue weighted by atomic mass is 16.5. The molecule has 1 heterocycles. The number of nitrogens with one attached hydrogen (secondary N) is 3. The number of hydrogen-bond donors (Lipinski definition) is 4. The van der Waals surface area contributed by atoms with Gasteiger partial charge in [0.2, 0.25) is 0 Å². The Morgan fingerprint density at radius 3 is 2.43 bits per heavy atom. The van der Waals surface area contributed by atoms with E-state index >= 15 is 0 Å². The van der Waals surface area contributed by atoms with E-state index in [1.165, 1.54) is 6.42 Å². The highest BCUT2D eigenvalue weighted by molar-refractivity contribution is 5.99. The summed E-state index contributed by atoms with van der Waals surface area (Å²) in [5.41, 5.74) is 1.50. The van der Waals surface area contributed by atoms with Crippen molar-refractivity contribution in [1.29, 1.82) is 0 Å². The Hall–Kier alpha value is -3.83. The van der Waals surface area contributed by atoms with Crippen LogP contribution in [0.4, 0.5) is 21.0 Å². The third-order valence-electron chi connectivity index (χ3n) is 9.08. The Kier molecular flexibility index (Phi) is 13.7. The lowest BCUT2D eigenvalue weighted by molar-refractivity contribution is -0.0115. The number of likely N-dealkylation sites (N-methyl/N-ethyl adjacent to an activating group) is 1. The zero-order chi connectivity index (χ0) is 33.8. The van der Waals surface area contributed by atoms with Crippen molar-refractivity contribution in [1.82, 2.24) is 15.1 Å². The number of hydrogen-bond acceptors (Lipinski definition) is 6. The lowest BCUT2D eigenvalue weighted by atomic mass is 9.96. The van der Waals surface area contributed by atoms with Crippen molar-refractivity contribution in [3.63, 3.8) is 0 Å². The van der Waals surface area contributed by atoms with E-state index in [-0.39, 0.29) is 55.3 Å². The third kappa shape index (κ3) is 10.9. The third-order valence-corrected chi connectivity index (χ3v) is 9.08. The van der Waals surface area contributed by atoms with Crippen molar-refractivity contribution in [2.24, 2.45) is 5.92 Å². The molecule has 0 unspecified atom stereocenters. The van der Waals surface area contributed by atoms with Gasteiger partial charge in [0, 0.05) is 50.1 Å². The van der Waals surface area contributed by atoms with Gasteiger partial charge in [-0.1, -0.05) is 44.4 Å². The number of anilines is 2. The Morgan fingerprint density at radius 2 is 1.70 bits per heavy atom. The molecule has 47 heavy (non-hydrogen) atoms. The highest BCUT2D eigenvalue weighted by Crippen LogP contribution is 2.29. The number of amides is 5. The summed E-state index contributed by atoms with van der Waals surface area (Å²) in [6.07, 6.45) is 7.25. The first-order chi connectivity index (χ1) is 22.6. The van der Waals surface area contributed by atoms with Crippen molar-refractivity contribution in [2.75, 3.05) is 44.0 Å². The Labute approximate surface area is 279 Å². The van der Waals surface area contributed by atoms with E-state index in [0.29, 0.717) is 35.8 Å². The van der Waals surface area contributed by atoms with Gasteiger partial charge in [0.1, 0.15) is 5.75 Å². The summed E-state index contributed by atoms with van der Waals surface area (Å²) in [7, 11) is 1.73. The van der Waals surface area contributed by atoms with Gasteiger partial charge in [-0.25, -0.2) is 9.59 Å². The lowest BCUT2D eigenvalue weighted by Gasteiger charge is -2.35. The summed E-state index contributed by atoms with van der Waals surface area (Å²) < 4.78 is 12.7. The van der Waals surface area contributed by atoms with Crippen molar-refractivity contribution in [3.8, 4) is 5.75 Å². The molecular formula is C36H53N5O6. The summed E-state index contributed by atoms with van der Waals surface area (Å²) in [4.78, 5) is 43.5. The maximum atomic E-state index is 14.3. The molecular weight excluding hydrogens is 598 g/mol. The number of benzene rings is 2. The number of ether oxygens (including phenoxy) is 2. The average Bonchev–Trinajstić information content (AvgIpc) is 3.06. The molecule has 11 nitrogen and oxygen atoms in total. The summed E-state index contributed by atoms with van der Waals surface area (Å²) >= 11 is 0. The number of rotatable bonds is 7. The van der Waals surface area contributed by atoms with Gasteiger partial charge in [-0.15, -0.1) is 0 Å². The first kappa shape index (κ1) is 36.0. The molecule has 0 radical (unpaired) electrons. The van der Waals surface area contributed by atoms with Gasteiger partial charge < -0.3 is 40.3 Å². The summed E-state index contributed by atoms with van der Waals surface area (Å²) in [6, 6.07) is 13.5. The normalized spacial score (nSPS) is 22.2. The number of nitrogens with zero attached hydrogens (tertiary/aromatic N) is 2. The Balaban J connectivity index is 1.56. The molecule has 4 atom stereocenters. The maximum absolute atomic E-state index is 14.3. The molecule has 5 amide bonds. The van der Waals surface area contributed by atoms with E-state index in [0.717, 1.165) is 44.9 Å². The minimum atomic E-state index is -0.505. The van der Waals surface area contributed by atoms with E-state index in [9.17, 15) is 19.5 Å². The second kappa shape index (κ2) is 17.9. The smallest absolute Gasteiger partial charge is 0.321 e. The molecule has 11 heteroatoms. The van der Waals surface area contributed by atoms with E-state index in [2.05, 4.69) is 16.0 Å². The fourth-order valence-electron chi connectivity index (χ4n) is 6.16. The van der Waals surface area contributed by atoms with Crippen LogP contribution in [0.5, 0.6) is 5.75 Å². The fourth-order valence-corrected chi connectivity index (χ4v) is 6.16. The molecule has 2 aromatic rings. The molecule has 0 saturated heterocycles. The summed E-state index contributed by atoms with van der Waals surface area (Å²) in [6.45, 7) is 6.63. The number of aliphatic hydroxyl groups excluding tert-OH is 1.